The number of hydrogen-bond acceptors (Lipinski definition) is 7. The summed E-state index contributed by atoms with van der Waals surface area (Å²) in [7, 11) is 2.03. The van der Waals surface area contributed by atoms with Crippen LogP contribution in [0, 0.1) is 12.7 Å². The maximum absolute atomic E-state index is 15.6. The molecule has 1 atom stereocenters. The van der Waals surface area contributed by atoms with Crippen LogP contribution in [0.25, 0.3) is 10.6 Å². The van der Waals surface area contributed by atoms with Gasteiger partial charge in [-0.05, 0) is 45.9 Å². The molecule has 12 heteroatoms. The quantitative estimate of drug-likeness (QED) is 0.457. The van der Waals surface area contributed by atoms with E-state index in [2.05, 4.69) is 25.2 Å². The minimum Gasteiger partial charge on any atom is -0.490 e. The molecule has 2 aromatic heterocycles. The molecule has 1 saturated heterocycles. The first-order valence-electron chi connectivity index (χ1n) is 11.3. The third kappa shape index (κ3) is 5.98. The second-order valence-corrected chi connectivity index (χ2v) is 10.00. The molecular weight excluding hydrogens is 498 g/mol. The predicted molar refractivity (Wildman–Crippen MR) is 126 cm³/mol. The van der Waals surface area contributed by atoms with Crippen molar-refractivity contribution in [2.45, 2.75) is 45.0 Å². The van der Waals surface area contributed by atoms with Gasteiger partial charge in [0.1, 0.15) is 22.7 Å². The molecule has 1 N–H and O–H groups in total. The molecule has 4 rings (SSSR count). The Kier molecular flexibility index (Phi) is 7.55. The number of ether oxygens (including phenoxy) is 1. The molecule has 0 saturated carbocycles. The molecule has 0 unspecified atom stereocenters. The van der Waals surface area contributed by atoms with E-state index in [4.69, 9.17) is 4.74 Å². The Morgan fingerprint density at radius 3 is 2.42 bits per heavy atom. The van der Waals surface area contributed by atoms with Gasteiger partial charge in [-0.2, -0.15) is 13.2 Å². The summed E-state index contributed by atoms with van der Waals surface area (Å²) in [6.45, 7) is 5.13. The second-order valence-electron chi connectivity index (χ2n) is 8.76. The standard InChI is InChI=1S/C24H25F4N5O2S/c1-13-10-29-22(36-13)19-9-17(35-16-4-6-33(3)7-5-16)8-18(20(19)25)21(34)32-14(2)15-11-30-23(31-12-15)24(26,27)28/h8-12,14,16H,4-7H2,1-3H3,(H,32,34)/t14-/m1/s1. The van der Waals surface area contributed by atoms with Gasteiger partial charge in [-0.3, -0.25) is 4.79 Å². The minimum atomic E-state index is -4.67. The number of halogens is 4. The number of piperidine rings is 1. The second kappa shape index (κ2) is 10.5. The molecule has 0 bridgehead atoms. The van der Waals surface area contributed by atoms with Gasteiger partial charge in [0, 0.05) is 42.1 Å². The van der Waals surface area contributed by atoms with Crippen LogP contribution in [0.15, 0.2) is 30.7 Å². The van der Waals surface area contributed by atoms with E-state index in [1.54, 1.807) is 19.2 Å². The molecule has 3 aromatic rings. The van der Waals surface area contributed by atoms with Crippen LogP contribution in [0.3, 0.4) is 0 Å². The minimum absolute atomic E-state index is 0.0725. The number of likely N-dealkylation sites (tertiary alicyclic amines) is 1. The summed E-state index contributed by atoms with van der Waals surface area (Å²) in [6.07, 6.45) is 0.444. The number of aryl methyl sites for hydroxylation is 1. The van der Waals surface area contributed by atoms with E-state index in [0.29, 0.717) is 10.8 Å². The third-order valence-electron chi connectivity index (χ3n) is 5.88. The van der Waals surface area contributed by atoms with Crippen LogP contribution in [0.2, 0.25) is 0 Å². The number of nitrogens with one attached hydrogen (secondary N) is 1. The topological polar surface area (TPSA) is 80.2 Å². The number of hydrogen-bond donors (Lipinski definition) is 1. The molecule has 1 amide bonds. The number of carbonyl (C=O) groups is 1. The highest BCUT2D eigenvalue weighted by atomic mass is 32.1. The molecule has 1 aromatic carbocycles. The monoisotopic (exact) mass is 523 g/mol. The van der Waals surface area contributed by atoms with E-state index in [-0.39, 0.29) is 22.8 Å². The van der Waals surface area contributed by atoms with Gasteiger partial charge < -0.3 is 15.0 Å². The Morgan fingerprint density at radius 1 is 1.17 bits per heavy atom. The SMILES string of the molecule is Cc1cnc(-c2cc(OC3CCN(C)CC3)cc(C(=O)N[C@H](C)c3cnc(C(F)(F)F)nc3)c2F)s1. The average Bonchev–Trinajstić information content (AvgIpc) is 3.27. The summed E-state index contributed by atoms with van der Waals surface area (Å²) in [5, 5.41) is 3.03. The molecule has 0 radical (unpaired) electrons. The van der Waals surface area contributed by atoms with E-state index in [0.717, 1.165) is 43.2 Å². The summed E-state index contributed by atoms with van der Waals surface area (Å²) in [5.41, 5.74) is 0.142. The third-order valence-corrected chi connectivity index (χ3v) is 6.83. The van der Waals surface area contributed by atoms with Gasteiger partial charge in [-0.15, -0.1) is 11.3 Å². The normalized spacial score (nSPS) is 16.1. The molecule has 1 fully saturated rings. The maximum atomic E-state index is 15.6. The summed E-state index contributed by atoms with van der Waals surface area (Å²) in [4.78, 5) is 27.1. The lowest BCUT2D eigenvalue weighted by molar-refractivity contribution is -0.145. The molecule has 192 valence electrons. The van der Waals surface area contributed by atoms with E-state index in [1.807, 2.05) is 14.0 Å². The van der Waals surface area contributed by atoms with Crippen LogP contribution in [0.4, 0.5) is 17.6 Å². The molecule has 7 nitrogen and oxygen atoms in total. The smallest absolute Gasteiger partial charge is 0.451 e. The van der Waals surface area contributed by atoms with Gasteiger partial charge in [0.05, 0.1) is 17.2 Å². The first kappa shape index (κ1) is 26.0. The summed E-state index contributed by atoms with van der Waals surface area (Å²) in [6, 6.07) is 2.13. The number of nitrogens with zero attached hydrogens (tertiary/aromatic N) is 4. The first-order valence-corrected chi connectivity index (χ1v) is 12.1. The van der Waals surface area contributed by atoms with Crippen LogP contribution in [0.5, 0.6) is 5.75 Å². The zero-order chi connectivity index (χ0) is 26.0. The number of rotatable bonds is 6. The van der Waals surface area contributed by atoms with Gasteiger partial charge in [-0.1, -0.05) is 0 Å². The summed E-state index contributed by atoms with van der Waals surface area (Å²) in [5.74, 6) is -2.43. The van der Waals surface area contributed by atoms with Crippen molar-refractivity contribution in [1.82, 2.24) is 25.2 Å². The fourth-order valence-electron chi connectivity index (χ4n) is 3.83. The summed E-state index contributed by atoms with van der Waals surface area (Å²) < 4.78 is 59.9. The summed E-state index contributed by atoms with van der Waals surface area (Å²) >= 11 is 1.29. The van der Waals surface area contributed by atoms with Gasteiger partial charge in [0.2, 0.25) is 5.82 Å². The van der Waals surface area contributed by atoms with Gasteiger partial charge in [0.25, 0.3) is 5.91 Å². The molecule has 36 heavy (non-hydrogen) atoms. The number of carbonyl (C=O) groups excluding carboxylic acids is 1. The average molecular weight is 524 g/mol. The van der Waals surface area contributed by atoms with Crippen molar-refractivity contribution in [1.29, 1.82) is 0 Å². The fraction of sp³-hybridized carbons (Fsp3) is 0.417. The molecule has 0 spiro atoms. The number of amides is 1. The lowest BCUT2D eigenvalue weighted by Gasteiger charge is -2.29. The van der Waals surface area contributed by atoms with Gasteiger partial charge in [0.15, 0.2) is 0 Å². The van der Waals surface area contributed by atoms with Gasteiger partial charge in [-0.25, -0.2) is 19.3 Å². The van der Waals surface area contributed by atoms with Crippen LogP contribution in [0.1, 0.15) is 52.4 Å². The highest BCUT2D eigenvalue weighted by Crippen LogP contribution is 2.34. The largest absolute Gasteiger partial charge is 0.490 e. The number of benzene rings is 1. The van der Waals surface area contributed by atoms with Crippen LogP contribution in [-0.2, 0) is 6.18 Å². The van der Waals surface area contributed by atoms with Crippen molar-refractivity contribution in [2.75, 3.05) is 20.1 Å². The van der Waals surface area contributed by atoms with E-state index >= 15 is 4.39 Å². The molecule has 0 aliphatic carbocycles. The molecule has 3 heterocycles. The lowest BCUT2D eigenvalue weighted by atomic mass is 10.1. The van der Waals surface area contributed by atoms with Gasteiger partial charge >= 0.3 is 6.18 Å². The van der Waals surface area contributed by atoms with Crippen molar-refractivity contribution in [3.63, 3.8) is 0 Å². The highest BCUT2D eigenvalue weighted by Gasteiger charge is 2.34. The van der Waals surface area contributed by atoms with E-state index in [9.17, 15) is 18.0 Å². The number of aromatic nitrogens is 3. The molecule has 1 aliphatic heterocycles. The van der Waals surface area contributed by atoms with Crippen molar-refractivity contribution < 1.29 is 27.1 Å². The Hall–Kier alpha value is -3.12. The fourth-order valence-corrected chi connectivity index (χ4v) is 4.60. The van der Waals surface area contributed by atoms with Crippen LogP contribution >= 0.6 is 11.3 Å². The van der Waals surface area contributed by atoms with Crippen molar-refractivity contribution in [2.24, 2.45) is 0 Å². The number of thiazole rings is 1. The van der Waals surface area contributed by atoms with Crippen LogP contribution < -0.4 is 10.1 Å². The Morgan fingerprint density at radius 2 is 1.83 bits per heavy atom. The maximum Gasteiger partial charge on any atom is 0.451 e. The Balaban J connectivity index is 1.60. The van der Waals surface area contributed by atoms with Crippen molar-refractivity contribution >= 4 is 17.2 Å². The molecule has 1 aliphatic rings. The van der Waals surface area contributed by atoms with E-state index in [1.165, 1.54) is 17.4 Å². The highest BCUT2D eigenvalue weighted by molar-refractivity contribution is 7.14. The predicted octanol–water partition coefficient (Wildman–Crippen LogP) is 5.03. The Bertz CT molecular complexity index is 1220. The van der Waals surface area contributed by atoms with Crippen LogP contribution in [-0.4, -0.2) is 52.0 Å². The lowest BCUT2D eigenvalue weighted by Crippen LogP contribution is -2.35. The zero-order valence-corrected chi connectivity index (χ0v) is 20.7. The Labute approximate surface area is 209 Å². The zero-order valence-electron chi connectivity index (χ0n) is 19.9. The van der Waals surface area contributed by atoms with E-state index < -0.39 is 29.8 Å². The first-order chi connectivity index (χ1) is 17.0. The van der Waals surface area contributed by atoms with Crippen molar-refractivity contribution in [3.8, 4) is 16.3 Å². The number of alkyl halides is 3. The molecular formula is C24H25F4N5O2S. The van der Waals surface area contributed by atoms with Crippen molar-refractivity contribution in [3.05, 3.63) is 58.4 Å².